The molecule has 0 aliphatic carbocycles. The molecule has 0 N–H and O–H groups in total. The Morgan fingerprint density at radius 3 is 1.45 bits per heavy atom. The van der Waals surface area contributed by atoms with E-state index in [1.807, 2.05) is 48.5 Å². The van der Waals surface area contributed by atoms with Crippen LogP contribution in [0.15, 0.2) is 199 Å². The monoisotopic (exact) mass is 716 g/mol. The van der Waals surface area contributed by atoms with Crippen LogP contribution in [0.1, 0.15) is 0 Å². The van der Waals surface area contributed by atoms with Crippen LogP contribution in [0.4, 0.5) is 0 Å². The van der Waals surface area contributed by atoms with Gasteiger partial charge < -0.3 is 8.98 Å². The summed E-state index contributed by atoms with van der Waals surface area (Å²) in [6, 6.07) is 67.3. The lowest BCUT2D eigenvalue weighted by Crippen LogP contribution is -2.04. The molecule has 11 aromatic rings. The van der Waals surface area contributed by atoms with E-state index < -0.39 is 0 Å². The number of para-hydroxylation sites is 4. The van der Waals surface area contributed by atoms with E-state index in [2.05, 4.69) is 150 Å². The number of benzene rings is 8. The summed E-state index contributed by atoms with van der Waals surface area (Å²) in [6.45, 7) is 0. The summed E-state index contributed by atoms with van der Waals surface area (Å²) in [6.07, 6.45) is 0. The molecule has 0 saturated carbocycles. The van der Waals surface area contributed by atoms with Gasteiger partial charge in [0.25, 0.3) is 0 Å². The summed E-state index contributed by atoms with van der Waals surface area (Å²) in [5.74, 6) is 1.70. The van der Waals surface area contributed by atoms with Crippen molar-refractivity contribution in [2.45, 2.75) is 0 Å². The van der Waals surface area contributed by atoms with Gasteiger partial charge in [0.1, 0.15) is 11.2 Å². The molecule has 3 heterocycles. The smallest absolute Gasteiger partial charge is 0.167 e. The van der Waals surface area contributed by atoms with Gasteiger partial charge in [-0.3, -0.25) is 0 Å². The molecule has 0 unspecified atom stereocenters. The zero-order chi connectivity index (χ0) is 37.0. The van der Waals surface area contributed by atoms with Crippen LogP contribution in [-0.4, -0.2) is 19.5 Å². The van der Waals surface area contributed by atoms with Crippen molar-refractivity contribution in [2.24, 2.45) is 0 Å². The number of hydrogen-bond donors (Lipinski definition) is 0. The SMILES string of the molecule is c1ccc(-c2ccc(-c3nc(-c4ccccc4)nc(-c4cccc5c4oc4c(-c6ccccc6)cccc45)n3)c(-n3c4ccccc4c4ccccc43)c2)cc1. The average molecular weight is 717 g/mol. The van der Waals surface area contributed by atoms with E-state index in [0.29, 0.717) is 17.5 Å². The van der Waals surface area contributed by atoms with Crippen molar-refractivity contribution in [3.05, 3.63) is 194 Å². The Balaban J connectivity index is 1.19. The lowest BCUT2D eigenvalue weighted by atomic mass is 10.0. The van der Waals surface area contributed by atoms with Crippen molar-refractivity contribution >= 4 is 43.7 Å². The first-order chi connectivity index (χ1) is 27.8. The number of aromatic nitrogens is 4. The minimum atomic E-state index is 0.542. The van der Waals surface area contributed by atoms with Crippen molar-refractivity contribution in [1.82, 2.24) is 19.5 Å². The molecule has 0 spiro atoms. The van der Waals surface area contributed by atoms with Crippen molar-refractivity contribution < 1.29 is 4.42 Å². The standard InChI is InChI=1S/C51H32N4O/c1-4-16-33(17-5-1)36-30-31-42(46(32-36)55-44-28-12-10-22-38(44)39-23-11-13-29-45(39)55)50-52-49(35-20-8-3-9-21-35)53-51(54-50)43-27-15-26-41-40-25-14-24-37(47(40)56-48(41)43)34-18-6-2-7-19-34/h1-32H. The van der Waals surface area contributed by atoms with Gasteiger partial charge in [-0.1, -0.05) is 164 Å². The first-order valence-electron chi connectivity index (χ1n) is 18.8. The molecule has 3 aromatic heterocycles. The molecule has 0 atom stereocenters. The Bertz CT molecular complexity index is 3190. The molecule has 0 aliphatic heterocycles. The van der Waals surface area contributed by atoms with E-state index in [4.69, 9.17) is 19.4 Å². The molecule has 56 heavy (non-hydrogen) atoms. The summed E-state index contributed by atoms with van der Waals surface area (Å²) < 4.78 is 9.20. The summed E-state index contributed by atoms with van der Waals surface area (Å²) >= 11 is 0. The molecule has 5 nitrogen and oxygen atoms in total. The van der Waals surface area contributed by atoms with Crippen LogP contribution in [0.5, 0.6) is 0 Å². The van der Waals surface area contributed by atoms with Crippen LogP contribution in [0.25, 0.3) is 106 Å². The van der Waals surface area contributed by atoms with Gasteiger partial charge in [-0.2, -0.15) is 0 Å². The minimum Gasteiger partial charge on any atom is -0.455 e. The van der Waals surface area contributed by atoms with E-state index in [9.17, 15) is 0 Å². The maximum absolute atomic E-state index is 6.85. The quantitative estimate of drug-likeness (QED) is 0.172. The number of hydrogen-bond acceptors (Lipinski definition) is 4. The second-order valence-corrected chi connectivity index (χ2v) is 14.0. The minimum absolute atomic E-state index is 0.542. The third-order valence-electron chi connectivity index (χ3n) is 10.7. The molecule has 0 bridgehead atoms. The van der Waals surface area contributed by atoms with E-state index in [1.54, 1.807) is 0 Å². The number of nitrogens with zero attached hydrogens (tertiary/aromatic N) is 4. The van der Waals surface area contributed by atoms with Gasteiger partial charge in [0.2, 0.25) is 0 Å². The third kappa shape index (κ3) is 5.21. The Morgan fingerprint density at radius 2 is 0.804 bits per heavy atom. The summed E-state index contributed by atoms with van der Waals surface area (Å²) in [5.41, 5.74) is 11.8. The molecule has 8 aromatic carbocycles. The van der Waals surface area contributed by atoms with Crippen molar-refractivity contribution in [3.8, 4) is 62.1 Å². The van der Waals surface area contributed by atoms with Gasteiger partial charge in [-0.25, -0.2) is 15.0 Å². The summed E-state index contributed by atoms with van der Waals surface area (Å²) in [5, 5.41) is 4.43. The highest BCUT2D eigenvalue weighted by Gasteiger charge is 2.22. The van der Waals surface area contributed by atoms with Crippen molar-refractivity contribution in [1.29, 1.82) is 0 Å². The van der Waals surface area contributed by atoms with Gasteiger partial charge in [-0.05, 0) is 47.0 Å². The highest BCUT2D eigenvalue weighted by atomic mass is 16.3. The van der Waals surface area contributed by atoms with Crippen LogP contribution in [0, 0.1) is 0 Å². The molecule has 262 valence electrons. The van der Waals surface area contributed by atoms with Crippen LogP contribution >= 0.6 is 0 Å². The average Bonchev–Trinajstić information content (AvgIpc) is 3.83. The highest BCUT2D eigenvalue weighted by Crippen LogP contribution is 2.41. The van der Waals surface area contributed by atoms with Gasteiger partial charge in [0.15, 0.2) is 17.5 Å². The molecular weight excluding hydrogens is 685 g/mol. The molecule has 0 amide bonds. The number of rotatable bonds is 6. The van der Waals surface area contributed by atoms with Gasteiger partial charge in [-0.15, -0.1) is 0 Å². The molecule has 0 fully saturated rings. The van der Waals surface area contributed by atoms with E-state index in [-0.39, 0.29) is 0 Å². The fourth-order valence-electron chi connectivity index (χ4n) is 8.07. The zero-order valence-electron chi connectivity index (χ0n) is 30.2. The third-order valence-corrected chi connectivity index (χ3v) is 10.7. The second kappa shape index (κ2) is 13.0. The van der Waals surface area contributed by atoms with Gasteiger partial charge >= 0.3 is 0 Å². The largest absolute Gasteiger partial charge is 0.455 e. The molecule has 0 aliphatic rings. The fraction of sp³-hybridized carbons (Fsp3) is 0. The van der Waals surface area contributed by atoms with Crippen molar-refractivity contribution in [2.75, 3.05) is 0 Å². The Morgan fingerprint density at radius 1 is 0.321 bits per heavy atom. The van der Waals surface area contributed by atoms with Crippen LogP contribution < -0.4 is 0 Å². The number of furan rings is 1. The van der Waals surface area contributed by atoms with Crippen molar-refractivity contribution in [3.63, 3.8) is 0 Å². The highest BCUT2D eigenvalue weighted by molar-refractivity contribution is 6.13. The van der Waals surface area contributed by atoms with Gasteiger partial charge in [0.05, 0.1) is 22.3 Å². The first-order valence-corrected chi connectivity index (χ1v) is 18.8. The topological polar surface area (TPSA) is 56.7 Å². The normalized spacial score (nSPS) is 11.6. The second-order valence-electron chi connectivity index (χ2n) is 14.0. The fourth-order valence-corrected chi connectivity index (χ4v) is 8.07. The molecular formula is C51H32N4O. The molecule has 11 rings (SSSR count). The molecule has 0 radical (unpaired) electrons. The maximum Gasteiger partial charge on any atom is 0.167 e. The predicted octanol–water partition coefficient (Wildman–Crippen LogP) is 13.2. The van der Waals surface area contributed by atoms with E-state index >= 15 is 0 Å². The van der Waals surface area contributed by atoms with Crippen LogP contribution in [0.3, 0.4) is 0 Å². The summed E-state index contributed by atoms with van der Waals surface area (Å²) in [7, 11) is 0. The van der Waals surface area contributed by atoms with E-state index in [0.717, 1.165) is 77.6 Å². The predicted molar refractivity (Wildman–Crippen MR) is 229 cm³/mol. The Labute approximate surface area is 322 Å². The van der Waals surface area contributed by atoms with E-state index in [1.165, 1.54) is 10.8 Å². The molecule has 0 saturated heterocycles. The van der Waals surface area contributed by atoms with Crippen LogP contribution in [-0.2, 0) is 0 Å². The lowest BCUT2D eigenvalue weighted by Gasteiger charge is -2.16. The summed E-state index contributed by atoms with van der Waals surface area (Å²) in [4.78, 5) is 15.7. The first kappa shape index (κ1) is 31.9. The Kier molecular flexibility index (Phi) is 7.42. The number of fused-ring (bicyclic) bond motifs is 6. The zero-order valence-corrected chi connectivity index (χ0v) is 30.2. The van der Waals surface area contributed by atoms with Crippen LogP contribution in [0.2, 0.25) is 0 Å². The lowest BCUT2D eigenvalue weighted by molar-refractivity contribution is 0.670. The molecule has 5 heteroatoms. The maximum atomic E-state index is 6.85. The Hall–Kier alpha value is -7.63. The van der Waals surface area contributed by atoms with Gasteiger partial charge in [0, 0.05) is 38.2 Å².